The zero-order valence-electron chi connectivity index (χ0n) is 19.5. The van der Waals surface area contributed by atoms with Crippen molar-refractivity contribution in [3.8, 4) is 6.07 Å². The molecule has 1 unspecified atom stereocenters. The predicted octanol–water partition coefficient (Wildman–Crippen LogP) is 3.78. The minimum atomic E-state index is -3.94. The molecule has 1 fully saturated rings. The highest BCUT2D eigenvalue weighted by Gasteiger charge is 2.20. The second kappa shape index (κ2) is 9.49. The van der Waals surface area contributed by atoms with Crippen LogP contribution in [0.15, 0.2) is 59.8 Å². The normalized spacial score (nSPS) is 15.6. The number of aromatic nitrogens is 3. The van der Waals surface area contributed by atoms with E-state index in [1.165, 1.54) is 24.3 Å². The van der Waals surface area contributed by atoms with Crippen LogP contribution in [0.2, 0.25) is 0 Å². The van der Waals surface area contributed by atoms with Gasteiger partial charge < -0.3 is 15.0 Å². The molecular weight excluding hydrogens is 480 g/mol. The molecule has 4 aromatic rings. The Labute approximate surface area is 207 Å². The largest absolute Gasteiger partial charge is 0.376 e. The molecule has 0 saturated carbocycles. The molecule has 0 radical (unpaired) electrons. The number of H-pyrrole nitrogens is 1. The predicted molar refractivity (Wildman–Crippen MR) is 134 cm³/mol. The van der Waals surface area contributed by atoms with E-state index in [1.54, 1.807) is 35.3 Å². The maximum Gasteiger partial charge on any atom is 0.261 e. The van der Waals surface area contributed by atoms with Crippen LogP contribution in [0, 0.1) is 18.3 Å². The number of hydrogen-bond donors (Lipinski definition) is 3. The van der Waals surface area contributed by atoms with Gasteiger partial charge in [0.05, 0.1) is 34.3 Å². The topological polar surface area (TPSA) is 142 Å². The van der Waals surface area contributed by atoms with Crippen molar-refractivity contribution in [2.45, 2.75) is 37.3 Å². The first kappa shape index (κ1) is 23.6. The minimum Gasteiger partial charge on any atom is -0.376 e. The summed E-state index contributed by atoms with van der Waals surface area (Å²) >= 11 is 0. The van der Waals surface area contributed by atoms with E-state index in [1.807, 2.05) is 6.92 Å². The van der Waals surface area contributed by atoms with Crippen molar-refractivity contribution < 1.29 is 17.9 Å². The van der Waals surface area contributed by atoms with Crippen LogP contribution < -0.4 is 10.0 Å². The van der Waals surface area contributed by atoms with Crippen molar-refractivity contribution in [3.05, 3.63) is 71.5 Å². The quantitative estimate of drug-likeness (QED) is 0.350. The zero-order valence-corrected chi connectivity index (χ0v) is 20.3. The number of fused-ring (bicyclic) bond motifs is 1. The number of nitrogens with one attached hydrogen (secondary N) is 3. The van der Waals surface area contributed by atoms with E-state index in [-0.39, 0.29) is 11.0 Å². The second-order valence-corrected chi connectivity index (χ2v) is 10.3. The molecule has 0 aliphatic carbocycles. The van der Waals surface area contributed by atoms with Crippen molar-refractivity contribution in [1.29, 1.82) is 5.26 Å². The molecular formula is C25H24N6O4S. The highest BCUT2D eigenvalue weighted by atomic mass is 32.2. The summed E-state index contributed by atoms with van der Waals surface area (Å²) < 4.78 is 35.9. The van der Waals surface area contributed by atoms with Crippen LogP contribution in [0.3, 0.4) is 0 Å². The Kier molecular flexibility index (Phi) is 6.22. The van der Waals surface area contributed by atoms with Crippen molar-refractivity contribution in [3.63, 3.8) is 0 Å². The first-order chi connectivity index (χ1) is 17.3. The van der Waals surface area contributed by atoms with Gasteiger partial charge >= 0.3 is 0 Å². The first-order valence-electron chi connectivity index (χ1n) is 11.4. The summed E-state index contributed by atoms with van der Waals surface area (Å²) in [5, 5.41) is 17.1. The number of carbonyl (C=O) groups is 1. The molecule has 0 spiro atoms. The van der Waals surface area contributed by atoms with Gasteiger partial charge in [-0.2, -0.15) is 10.4 Å². The number of carbonyl (C=O) groups excluding carboxylic acids is 1. The lowest BCUT2D eigenvalue weighted by Gasteiger charge is -2.11. The third kappa shape index (κ3) is 4.68. The van der Waals surface area contributed by atoms with E-state index in [9.17, 15) is 18.5 Å². The second-order valence-electron chi connectivity index (χ2n) is 8.64. The maximum atomic E-state index is 13.0. The Bertz CT molecular complexity index is 1580. The average molecular weight is 505 g/mol. The summed E-state index contributed by atoms with van der Waals surface area (Å²) in [6.07, 6.45) is 5.50. The number of rotatable bonds is 7. The van der Waals surface area contributed by atoms with Crippen LogP contribution in [0.25, 0.3) is 10.9 Å². The molecule has 11 heteroatoms. The Morgan fingerprint density at radius 2 is 2.06 bits per heavy atom. The smallest absolute Gasteiger partial charge is 0.261 e. The molecule has 1 atom stereocenters. The molecule has 184 valence electrons. The van der Waals surface area contributed by atoms with Gasteiger partial charge in [-0.15, -0.1) is 0 Å². The van der Waals surface area contributed by atoms with Crippen LogP contribution >= 0.6 is 0 Å². The lowest BCUT2D eigenvalue weighted by atomic mass is 10.1. The lowest BCUT2D eigenvalue weighted by Crippen LogP contribution is -2.17. The molecule has 1 aliphatic rings. The molecule has 2 aromatic heterocycles. The van der Waals surface area contributed by atoms with Gasteiger partial charge in [-0.3, -0.25) is 14.2 Å². The Morgan fingerprint density at radius 1 is 1.25 bits per heavy atom. The van der Waals surface area contributed by atoms with Crippen LogP contribution in [-0.2, 0) is 21.3 Å². The Morgan fingerprint density at radius 3 is 2.78 bits per heavy atom. The molecule has 2 aromatic carbocycles. The summed E-state index contributed by atoms with van der Waals surface area (Å²) in [4.78, 5) is 15.6. The highest BCUT2D eigenvalue weighted by Crippen LogP contribution is 2.30. The van der Waals surface area contributed by atoms with Gasteiger partial charge in [0.25, 0.3) is 15.9 Å². The SMILES string of the molecule is Cc1ccc(NS(=O)(=O)c2ccc(C(=O)Nc3ccn(CC4CCCO4)n3)cc2)c2[nH]cc(C#N)c12. The van der Waals surface area contributed by atoms with Crippen LogP contribution in [0.1, 0.15) is 34.3 Å². The Hall–Kier alpha value is -4.14. The summed E-state index contributed by atoms with van der Waals surface area (Å²) in [7, 11) is -3.94. The van der Waals surface area contributed by atoms with E-state index in [4.69, 9.17) is 4.74 Å². The fourth-order valence-electron chi connectivity index (χ4n) is 4.30. The number of anilines is 2. The third-order valence-corrected chi connectivity index (χ3v) is 7.51. The van der Waals surface area contributed by atoms with E-state index in [0.29, 0.717) is 40.1 Å². The fraction of sp³-hybridized carbons (Fsp3) is 0.240. The maximum absolute atomic E-state index is 13.0. The van der Waals surface area contributed by atoms with Crippen LogP contribution in [0.5, 0.6) is 0 Å². The number of amides is 1. The molecule has 36 heavy (non-hydrogen) atoms. The van der Waals surface area contributed by atoms with Gasteiger partial charge in [0, 0.05) is 36.0 Å². The van der Waals surface area contributed by atoms with Crippen LogP contribution in [0.4, 0.5) is 11.5 Å². The molecule has 1 amide bonds. The first-order valence-corrected chi connectivity index (χ1v) is 12.9. The average Bonchev–Trinajstić information content (AvgIpc) is 3.63. The van der Waals surface area contributed by atoms with Crippen molar-refractivity contribution in [1.82, 2.24) is 14.8 Å². The van der Waals surface area contributed by atoms with Gasteiger partial charge in [-0.1, -0.05) is 6.07 Å². The zero-order chi connectivity index (χ0) is 25.3. The third-order valence-electron chi connectivity index (χ3n) is 6.13. The Balaban J connectivity index is 1.28. The van der Waals surface area contributed by atoms with Gasteiger partial charge in [-0.05, 0) is 55.7 Å². The molecule has 0 bridgehead atoms. The number of hydrogen-bond acceptors (Lipinski definition) is 6. The summed E-state index contributed by atoms with van der Waals surface area (Å²) in [6, 6.07) is 12.8. The van der Waals surface area contributed by atoms with E-state index < -0.39 is 15.9 Å². The number of nitrogens with zero attached hydrogens (tertiary/aromatic N) is 3. The van der Waals surface area contributed by atoms with Crippen molar-refractivity contribution in [2.24, 2.45) is 0 Å². The standard InChI is InChI=1S/C25H24N6O4S/c1-16-4-9-21(24-23(16)18(13-26)14-27-24)30-36(33,34)20-7-5-17(6-8-20)25(32)28-22-10-11-31(29-22)15-19-3-2-12-35-19/h4-11,14,19,27,30H,2-3,12,15H2,1H3,(H,28,29,32). The lowest BCUT2D eigenvalue weighted by molar-refractivity contribution is 0.0940. The van der Waals surface area contributed by atoms with E-state index >= 15 is 0 Å². The minimum absolute atomic E-state index is 0.000629. The summed E-state index contributed by atoms with van der Waals surface area (Å²) in [6.45, 7) is 3.25. The van der Waals surface area contributed by atoms with Gasteiger partial charge in [-0.25, -0.2) is 8.42 Å². The molecule has 1 aliphatic heterocycles. The van der Waals surface area contributed by atoms with E-state index in [0.717, 1.165) is 25.0 Å². The molecule has 3 N–H and O–H groups in total. The van der Waals surface area contributed by atoms with Gasteiger partial charge in [0.1, 0.15) is 6.07 Å². The molecule has 10 nitrogen and oxygen atoms in total. The number of sulfonamides is 1. The number of nitriles is 1. The highest BCUT2D eigenvalue weighted by molar-refractivity contribution is 7.92. The number of ether oxygens (including phenoxy) is 1. The van der Waals surface area contributed by atoms with Crippen molar-refractivity contribution >= 4 is 38.3 Å². The number of aromatic amines is 1. The molecule has 1 saturated heterocycles. The number of aryl methyl sites for hydroxylation is 1. The monoisotopic (exact) mass is 504 g/mol. The summed E-state index contributed by atoms with van der Waals surface area (Å²) in [5.41, 5.74) is 2.46. The van der Waals surface area contributed by atoms with Gasteiger partial charge in [0.2, 0.25) is 0 Å². The van der Waals surface area contributed by atoms with Crippen LogP contribution in [-0.4, -0.2) is 41.8 Å². The number of benzene rings is 2. The van der Waals surface area contributed by atoms with Gasteiger partial charge in [0.15, 0.2) is 5.82 Å². The molecule has 5 rings (SSSR count). The fourth-order valence-corrected chi connectivity index (χ4v) is 5.37. The molecule has 3 heterocycles. The summed E-state index contributed by atoms with van der Waals surface area (Å²) in [5.74, 6) is 0.00682. The van der Waals surface area contributed by atoms with E-state index in [2.05, 4.69) is 26.2 Å². The van der Waals surface area contributed by atoms with Crippen molar-refractivity contribution in [2.75, 3.05) is 16.6 Å².